The van der Waals surface area contributed by atoms with Crippen molar-refractivity contribution in [3.63, 3.8) is 0 Å². The molecule has 3 nitrogen and oxygen atoms in total. The highest BCUT2D eigenvalue weighted by molar-refractivity contribution is 5.89. The third-order valence-corrected chi connectivity index (χ3v) is 3.05. The van der Waals surface area contributed by atoms with Crippen LogP contribution in [0.5, 0.6) is 0 Å². The Morgan fingerprint density at radius 2 is 1.50 bits per heavy atom. The number of anilines is 1. The highest BCUT2D eigenvalue weighted by Gasteiger charge is 1.99. The Hall–Kier alpha value is -2.29. The highest BCUT2D eigenvalue weighted by atomic mass is 16.2. The molecule has 0 radical (unpaired) electrons. The van der Waals surface area contributed by atoms with E-state index in [0.29, 0.717) is 6.54 Å². The molecule has 2 rings (SSSR count). The number of nitrogens with one attached hydrogen (secondary N) is 2. The Balaban J connectivity index is 1.58. The molecule has 2 aromatic rings. The first kappa shape index (κ1) is 14.1. The van der Waals surface area contributed by atoms with Gasteiger partial charge in [-0.2, -0.15) is 0 Å². The number of unbranched alkanes of at least 4 members (excludes halogenated alkanes) is 1. The van der Waals surface area contributed by atoms with Gasteiger partial charge in [0, 0.05) is 12.2 Å². The summed E-state index contributed by atoms with van der Waals surface area (Å²) >= 11 is 0. The van der Waals surface area contributed by atoms with E-state index in [1.807, 2.05) is 36.4 Å². The fraction of sp³-hybridized carbons (Fsp3) is 0.235. The Morgan fingerprint density at radius 1 is 0.850 bits per heavy atom. The molecule has 0 atom stereocenters. The molecule has 3 heteroatoms. The highest BCUT2D eigenvalue weighted by Crippen LogP contribution is 2.05. The molecule has 0 aliphatic rings. The van der Waals surface area contributed by atoms with Crippen molar-refractivity contribution in [3.8, 4) is 0 Å². The maximum absolute atomic E-state index is 11.6. The molecule has 20 heavy (non-hydrogen) atoms. The summed E-state index contributed by atoms with van der Waals surface area (Å²) in [7, 11) is 0. The van der Waals surface area contributed by atoms with Gasteiger partial charge in [-0.15, -0.1) is 0 Å². The molecule has 0 aliphatic heterocycles. The van der Waals surface area contributed by atoms with Crippen LogP contribution in [0.15, 0.2) is 60.7 Å². The van der Waals surface area contributed by atoms with E-state index in [0.717, 1.165) is 24.9 Å². The maximum Gasteiger partial charge on any atom is 0.319 e. The summed E-state index contributed by atoms with van der Waals surface area (Å²) in [4.78, 5) is 11.6. The number of amides is 2. The summed E-state index contributed by atoms with van der Waals surface area (Å²) in [6, 6.07) is 19.7. The largest absolute Gasteiger partial charge is 0.338 e. The molecular formula is C17H20N2O. The molecule has 0 saturated carbocycles. The number of rotatable bonds is 6. The van der Waals surface area contributed by atoms with Crippen molar-refractivity contribution in [2.45, 2.75) is 19.3 Å². The van der Waals surface area contributed by atoms with Crippen LogP contribution in [-0.4, -0.2) is 12.6 Å². The number of hydrogen-bond donors (Lipinski definition) is 2. The van der Waals surface area contributed by atoms with Crippen molar-refractivity contribution in [2.24, 2.45) is 0 Å². The van der Waals surface area contributed by atoms with Crippen LogP contribution in [0.2, 0.25) is 0 Å². The van der Waals surface area contributed by atoms with Gasteiger partial charge in [-0.3, -0.25) is 0 Å². The summed E-state index contributed by atoms with van der Waals surface area (Å²) in [5.74, 6) is 0. The van der Waals surface area contributed by atoms with Crippen LogP contribution in [-0.2, 0) is 6.42 Å². The van der Waals surface area contributed by atoms with Crippen molar-refractivity contribution < 1.29 is 4.79 Å². The monoisotopic (exact) mass is 268 g/mol. The van der Waals surface area contributed by atoms with E-state index in [9.17, 15) is 4.79 Å². The second-order valence-electron chi connectivity index (χ2n) is 4.69. The molecular weight excluding hydrogens is 248 g/mol. The molecule has 2 aromatic carbocycles. The standard InChI is InChI=1S/C17H20N2O/c20-17(19-16-12-5-2-6-13-16)18-14-8-7-11-15-9-3-1-4-10-15/h1-6,9-10,12-13H,7-8,11,14H2,(H2,18,19,20). The third-order valence-electron chi connectivity index (χ3n) is 3.05. The summed E-state index contributed by atoms with van der Waals surface area (Å²) < 4.78 is 0. The number of carbonyl (C=O) groups excluding carboxylic acids is 1. The number of para-hydroxylation sites is 1. The van der Waals surface area contributed by atoms with Crippen molar-refractivity contribution in [1.82, 2.24) is 5.32 Å². The number of benzene rings is 2. The predicted molar refractivity (Wildman–Crippen MR) is 82.8 cm³/mol. The second-order valence-corrected chi connectivity index (χ2v) is 4.69. The molecule has 0 spiro atoms. The maximum atomic E-state index is 11.6. The minimum Gasteiger partial charge on any atom is -0.338 e. The Kier molecular flexibility index (Phi) is 5.65. The smallest absolute Gasteiger partial charge is 0.319 e. The quantitative estimate of drug-likeness (QED) is 0.768. The van der Waals surface area contributed by atoms with E-state index in [1.54, 1.807) is 0 Å². The lowest BCUT2D eigenvalue weighted by molar-refractivity contribution is 0.252. The van der Waals surface area contributed by atoms with Crippen LogP contribution in [0.4, 0.5) is 10.5 Å². The van der Waals surface area contributed by atoms with E-state index >= 15 is 0 Å². The normalized spacial score (nSPS) is 10.0. The second kappa shape index (κ2) is 8.00. The van der Waals surface area contributed by atoms with Gasteiger partial charge in [0.2, 0.25) is 0 Å². The van der Waals surface area contributed by atoms with Gasteiger partial charge in [0.1, 0.15) is 0 Å². The van der Waals surface area contributed by atoms with Gasteiger partial charge in [0.25, 0.3) is 0 Å². The summed E-state index contributed by atoms with van der Waals surface area (Å²) in [6.07, 6.45) is 3.12. The minimum atomic E-state index is -0.143. The summed E-state index contributed by atoms with van der Waals surface area (Å²) in [5.41, 5.74) is 2.16. The van der Waals surface area contributed by atoms with Crippen molar-refractivity contribution in [2.75, 3.05) is 11.9 Å². The van der Waals surface area contributed by atoms with Crippen LogP contribution in [0.25, 0.3) is 0 Å². The van der Waals surface area contributed by atoms with Crippen LogP contribution in [0.3, 0.4) is 0 Å². The summed E-state index contributed by atoms with van der Waals surface area (Å²) in [6.45, 7) is 0.700. The van der Waals surface area contributed by atoms with Crippen molar-refractivity contribution in [1.29, 1.82) is 0 Å². The molecule has 0 bridgehead atoms. The molecule has 0 unspecified atom stereocenters. The fourth-order valence-corrected chi connectivity index (χ4v) is 2.00. The molecule has 0 heterocycles. The van der Waals surface area contributed by atoms with Gasteiger partial charge in [0.05, 0.1) is 0 Å². The average Bonchev–Trinajstić information content (AvgIpc) is 2.49. The summed E-state index contributed by atoms with van der Waals surface area (Å²) in [5, 5.41) is 5.67. The molecule has 0 aromatic heterocycles. The van der Waals surface area contributed by atoms with E-state index < -0.39 is 0 Å². The lowest BCUT2D eigenvalue weighted by Gasteiger charge is -2.07. The number of carbonyl (C=O) groups is 1. The van der Waals surface area contributed by atoms with E-state index in [1.165, 1.54) is 5.56 Å². The first-order chi connectivity index (χ1) is 9.84. The van der Waals surface area contributed by atoms with E-state index in [2.05, 4.69) is 34.9 Å². The molecule has 0 saturated heterocycles. The third kappa shape index (κ3) is 5.14. The van der Waals surface area contributed by atoms with Gasteiger partial charge >= 0.3 is 6.03 Å². The van der Waals surface area contributed by atoms with Gasteiger partial charge in [0.15, 0.2) is 0 Å². The first-order valence-corrected chi connectivity index (χ1v) is 6.98. The number of aryl methyl sites for hydroxylation is 1. The molecule has 2 amide bonds. The van der Waals surface area contributed by atoms with E-state index in [4.69, 9.17) is 0 Å². The van der Waals surface area contributed by atoms with Gasteiger partial charge < -0.3 is 10.6 Å². The Morgan fingerprint density at radius 3 is 2.20 bits per heavy atom. The molecule has 0 aliphatic carbocycles. The minimum absolute atomic E-state index is 0.143. The van der Waals surface area contributed by atoms with Gasteiger partial charge in [-0.05, 0) is 37.0 Å². The van der Waals surface area contributed by atoms with Crippen LogP contribution < -0.4 is 10.6 Å². The van der Waals surface area contributed by atoms with Crippen LogP contribution in [0.1, 0.15) is 18.4 Å². The van der Waals surface area contributed by atoms with Crippen LogP contribution in [0, 0.1) is 0 Å². The SMILES string of the molecule is O=C(NCCCCc1ccccc1)Nc1ccccc1. The molecule has 0 fully saturated rings. The molecule has 2 N–H and O–H groups in total. The van der Waals surface area contributed by atoms with E-state index in [-0.39, 0.29) is 6.03 Å². The van der Waals surface area contributed by atoms with Crippen molar-refractivity contribution in [3.05, 3.63) is 66.2 Å². The average molecular weight is 268 g/mol. The Labute approximate surface area is 120 Å². The van der Waals surface area contributed by atoms with Crippen molar-refractivity contribution >= 4 is 11.7 Å². The fourth-order valence-electron chi connectivity index (χ4n) is 2.00. The lowest BCUT2D eigenvalue weighted by Crippen LogP contribution is -2.29. The topological polar surface area (TPSA) is 41.1 Å². The zero-order valence-electron chi connectivity index (χ0n) is 11.5. The molecule has 104 valence electrons. The van der Waals surface area contributed by atoms with Crippen LogP contribution >= 0.6 is 0 Å². The lowest BCUT2D eigenvalue weighted by atomic mass is 10.1. The van der Waals surface area contributed by atoms with Gasteiger partial charge in [-0.1, -0.05) is 48.5 Å². The van der Waals surface area contributed by atoms with Gasteiger partial charge in [-0.25, -0.2) is 4.79 Å². The predicted octanol–water partition coefficient (Wildman–Crippen LogP) is 3.83. The number of urea groups is 1. The zero-order chi connectivity index (χ0) is 14.0. The Bertz CT molecular complexity index is 511. The zero-order valence-corrected chi connectivity index (χ0v) is 11.5. The number of hydrogen-bond acceptors (Lipinski definition) is 1. The first-order valence-electron chi connectivity index (χ1n) is 6.98.